The lowest BCUT2D eigenvalue weighted by Gasteiger charge is -2.51. The van der Waals surface area contributed by atoms with Crippen LogP contribution in [0.5, 0.6) is 17.2 Å². The quantitative estimate of drug-likeness (QED) is 0.162. The predicted molar refractivity (Wildman–Crippen MR) is 196 cm³/mol. The van der Waals surface area contributed by atoms with E-state index >= 15 is 9.59 Å². The van der Waals surface area contributed by atoms with E-state index in [9.17, 15) is 14.7 Å². The fourth-order valence-electron chi connectivity index (χ4n) is 9.40. The monoisotopic (exact) mass is 716 g/mol. The van der Waals surface area contributed by atoms with Crippen LogP contribution in [0, 0.1) is 23.7 Å². The number of phenols is 1. The molecule has 4 aromatic carbocycles. The van der Waals surface area contributed by atoms with Gasteiger partial charge in [-0.2, -0.15) is 0 Å². The molecule has 2 heterocycles. The van der Waals surface area contributed by atoms with Crippen LogP contribution < -0.4 is 19.3 Å². The van der Waals surface area contributed by atoms with Gasteiger partial charge in [0, 0.05) is 28.6 Å². The number of carbonyl (C=O) groups is 4. The lowest BCUT2D eigenvalue weighted by atomic mass is 9.49. The fourth-order valence-corrected chi connectivity index (χ4v) is 9.59. The minimum Gasteiger partial charge on any atom is -0.508 e. The smallest absolute Gasteiger partial charge is 0.246 e. The second kappa shape index (κ2) is 12.7. The van der Waals surface area contributed by atoms with Crippen molar-refractivity contribution in [2.24, 2.45) is 23.7 Å². The molecular formula is C42H37ClN2O7. The normalized spacial score (nSPS) is 26.5. The summed E-state index contributed by atoms with van der Waals surface area (Å²) in [5, 5.41) is 11.1. The van der Waals surface area contributed by atoms with Gasteiger partial charge in [-0.25, -0.2) is 4.90 Å². The summed E-state index contributed by atoms with van der Waals surface area (Å²) in [7, 11) is 2.94. The number of anilines is 2. The summed E-state index contributed by atoms with van der Waals surface area (Å²) in [6.45, 7) is 2.04. The van der Waals surface area contributed by atoms with Gasteiger partial charge in [0.1, 0.15) is 17.2 Å². The third-order valence-electron chi connectivity index (χ3n) is 11.6. The van der Waals surface area contributed by atoms with E-state index in [0.29, 0.717) is 27.5 Å². The van der Waals surface area contributed by atoms with Gasteiger partial charge in [0.15, 0.2) is 0 Å². The number of hydrogen-bond acceptors (Lipinski definition) is 7. The SMILES string of the molecule is CCc1ccc(N2C(=O)C3CC=C4C(CC5C(=O)N(c6cccc(Cl)c6)C(=O)C5(c5ccccc5)C4c4c(OC)cc(O)cc4OC)C3C2=O)cc1. The van der Waals surface area contributed by atoms with E-state index in [1.165, 1.54) is 36.2 Å². The lowest BCUT2D eigenvalue weighted by Crippen LogP contribution is -2.53. The highest BCUT2D eigenvalue weighted by atomic mass is 35.5. The van der Waals surface area contributed by atoms with Crippen molar-refractivity contribution >= 4 is 46.6 Å². The Balaban J connectivity index is 1.38. The number of halogens is 1. The van der Waals surface area contributed by atoms with Gasteiger partial charge >= 0.3 is 0 Å². The molecule has 10 heteroatoms. The van der Waals surface area contributed by atoms with Gasteiger partial charge in [0.05, 0.1) is 48.8 Å². The van der Waals surface area contributed by atoms with Crippen LogP contribution in [0.15, 0.2) is 103 Å². The molecule has 0 bridgehead atoms. The number of aromatic hydroxyl groups is 1. The molecular weight excluding hydrogens is 680 g/mol. The molecule has 1 saturated carbocycles. The fraction of sp³-hybridized carbons (Fsp3) is 0.286. The predicted octanol–water partition coefficient (Wildman–Crippen LogP) is 6.99. The highest BCUT2D eigenvalue weighted by molar-refractivity contribution is 6.32. The lowest BCUT2D eigenvalue weighted by molar-refractivity contribution is -0.127. The molecule has 2 aliphatic carbocycles. The number of amides is 4. The number of imide groups is 2. The number of hydrogen-bond donors (Lipinski definition) is 1. The molecule has 4 aromatic rings. The first-order valence-corrected chi connectivity index (χ1v) is 17.8. The Morgan fingerprint density at radius 2 is 1.48 bits per heavy atom. The number of fused-ring (bicyclic) bond motifs is 4. The van der Waals surface area contributed by atoms with E-state index in [2.05, 4.69) is 0 Å². The van der Waals surface area contributed by atoms with Gasteiger partial charge < -0.3 is 14.6 Å². The van der Waals surface area contributed by atoms with Crippen molar-refractivity contribution < 1.29 is 33.8 Å². The van der Waals surface area contributed by atoms with Gasteiger partial charge in [0.2, 0.25) is 23.6 Å². The molecule has 8 rings (SSSR count). The Morgan fingerprint density at radius 1 is 0.788 bits per heavy atom. The van der Waals surface area contributed by atoms with E-state index in [1.54, 1.807) is 36.4 Å². The largest absolute Gasteiger partial charge is 0.508 e. The van der Waals surface area contributed by atoms with Crippen LogP contribution in [0.1, 0.15) is 42.4 Å². The molecule has 4 aliphatic rings. The zero-order chi connectivity index (χ0) is 36.5. The summed E-state index contributed by atoms with van der Waals surface area (Å²) in [5.41, 5.74) is 2.22. The van der Waals surface area contributed by atoms with Crippen molar-refractivity contribution in [3.63, 3.8) is 0 Å². The van der Waals surface area contributed by atoms with Crippen LogP contribution in [0.2, 0.25) is 5.02 Å². The number of carbonyl (C=O) groups excluding carboxylic acids is 4. The van der Waals surface area contributed by atoms with Gasteiger partial charge in [0.25, 0.3) is 0 Å². The van der Waals surface area contributed by atoms with Gasteiger partial charge in [-0.1, -0.05) is 78.7 Å². The van der Waals surface area contributed by atoms with E-state index in [4.69, 9.17) is 21.1 Å². The highest BCUT2D eigenvalue weighted by Crippen LogP contribution is 2.66. The summed E-state index contributed by atoms with van der Waals surface area (Å²) in [5.74, 6) is -4.93. The highest BCUT2D eigenvalue weighted by Gasteiger charge is 2.71. The number of allylic oxidation sites excluding steroid dienone is 2. The molecule has 3 fully saturated rings. The molecule has 0 aromatic heterocycles. The van der Waals surface area contributed by atoms with Crippen LogP contribution in [-0.4, -0.2) is 43.0 Å². The van der Waals surface area contributed by atoms with Crippen LogP contribution in [0.4, 0.5) is 11.4 Å². The summed E-state index contributed by atoms with van der Waals surface area (Å²) >= 11 is 6.42. The van der Waals surface area contributed by atoms with Crippen molar-refractivity contribution in [1.82, 2.24) is 0 Å². The van der Waals surface area contributed by atoms with E-state index in [0.717, 1.165) is 17.6 Å². The van der Waals surface area contributed by atoms with Crippen LogP contribution in [-0.2, 0) is 31.0 Å². The van der Waals surface area contributed by atoms with E-state index < -0.39 is 46.8 Å². The van der Waals surface area contributed by atoms with Crippen molar-refractivity contribution in [3.05, 3.63) is 124 Å². The summed E-state index contributed by atoms with van der Waals surface area (Å²) in [4.78, 5) is 61.8. The number of aryl methyl sites for hydroxylation is 1. The van der Waals surface area contributed by atoms with E-state index in [-0.39, 0.29) is 41.9 Å². The summed E-state index contributed by atoms with van der Waals surface area (Å²) < 4.78 is 11.8. The second-order valence-corrected chi connectivity index (χ2v) is 14.3. The van der Waals surface area contributed by atoms with Gasteiger partial charge in [-0.15, -0.1) is 0 Å². The minimum atomic E-state index is -1.53. The molecule has 6 unspecified atom stereocenters. The van der Waals surface area contributed by atoms with Crippen molar-refractivity contribution in [2.75, 3.05) is 24.0 Å². The Morgan fingerprint density at radius 3 is 2.12 bits per heavy atom. The van der Waals surface area contributed by atoms with Crippen LogP contribution in [0.25, 0.3) is 0 Å². The number of benzene rings is 4. The first kappa shape index (κ1) is 33.7. The number of rotatable bonds is 7. The summed E-state index contributed by atoms with van der Waals surface area (Å²) in [6, 6.07) is 26.2. The topological polar surface area (TPSA) is 113 Å². The Bertz CT molecular complexity index is 2140. The zero-order valence-electron chi connectivity index (χ0n) is 28.9. The maximum atomic E-state index is 15.5. The first-order valence-electron chi connectivity index (χ1n) is 17.5. The molecule has 1 N–H and O–H groups in total. The Kier molecular flexibility index (Phi) is 8.21. The molecule has 52 heavy (non-hydrogen) atoms. The number of methoxy groups -OCH3 is 2. The van der Waals surface area contributed by atoms with Crippen molar-refractivity contribution in [1.29, 1.82) is 0 Å². The van der Waals surface area contributed by atoms with Crippen LogP contribution in [0.3, 0.4) is 0 Å². The molecule has 0 radical (unpaired) electrons. The molecule has 2 saturated heterocycles. The van der Waals surface area contributed by atoms with Crippen molar-refractivity contribution in [2.45, 2.75) is 37.5 Å². The molecule has 6 atom stereocenters. The number of phenolic OH excluding ortho intramolecular Hbond substituents is 1. The maximum Gasteiger partial charge on any atom is 0.246 e. The number of ether oxygens (including phenoxy) is 2. The molecule has 9 nitrogen and oxygen atoms in total. The Labute approximate surface area is 306 Å². The van der Waals surface area contributed by atoms with E-state index in [1.807, 2.05) is 55.5 Å². The molecule has 2 aliphatic heterocycles. The van der Waals surface area contributed by atoms with Gasteiger partial charge in [-0.3, -0.25) is 24.1 Å². The Hall–Kier alpha value is -5.41. The second-order valence-electron chi connectivity index (χ2n) is 13.9. The molecule has 0 spiro atoms. The minimum absolute atomic E-state index is 0.108. The maximum absolute atomic E-state index is 15.5. The van der Waals surface area contributed by atoms with Crippen LogP contribution >= 0.6 is 11.6 Å². The third kappa shape index (κ3) is 4.75. The first-order chi connectivity index (χ1) is 25.1. The zero-order valence-corrected chi connectivity index (χ0v) is 29.7. The number of nitrogens with zero attached hydrogens (tertiary/aromatic N) is 2. The average molecular weight is 717 g/mol. The molecule has 264 valence electrons. The summed E-state index contributed by atoms with van der Waals surface area (Å²) in [6.07, 6.45) is 3.21. The average Bonchev–Trinajstić information content (AvgIpc) is 3.55. The van der Waals surface area contributed by atoms with Gasteiger partial charge in [-0.05, 0) is 66.6 Å². The van der Waals surface area contributed by atoms with Crippen molar-refractivity contribution in [3.8, 4) is 17.2 Å². The molecule has 4 amide bonds. The third-order valence-corrected chi connectivity index (χ3v) is 11.8. The standard InChI is InChI=1S/C42H37ClN2O7/c1-4-23-13-15-26(16-14-23)44-38(47)30-18-17-29-31(35(30)40(44)49)22-32-39(48)45(27-12-8-11-25(43)19-27)41(50)42(32,24-9-6-5-7-10-24)37(29)36-33(51-2)20-28(46)21-34(36)52-3/h5-17,19-21,30-32,35,37,46H,4,18,22H2,1-3H3.